The number of hydrogen-bond donors (Lipinski definition) is 1. The molecular formula is C22H18ClF3N2O3. The molecule has 1 N–H and O–H groups in total. The van der Waals surface area contributed by atoms with E-state index in [0.717, 1.165) is 25.0 Å². The van der Waals surface area contributed by atoms with E-state index in [1.807, 2.05) is 0 Å². The molecule has 1 aromatic heterocycles. The zero-order chi connectivity index (χ0) is 22.0. The Hall–Kier alpha value is -2.84. The Kier molecular flexibility index (Phi) is 6.02. The lowest BCUT2D eigenvalue weighted by Gasteiger charge is -2.11. The molecule has 1 atom stereocenters. The Morgan fingerprint density at radius 1 is 1.19 bits per heavy atom. The lowest BCUT2D eigenvalue weighted by Crippen LogP contribution is -2.34. The van der Waals surface area contributed by atoms with E-state index in [9.17, 15) is 18.0 Å². The number of benzene rings is 2. The summed E-state index contributed by atoms with van der Waals surface area (Å²) in [5, 5.41) is 3.81. The summed E-state index contributed by atoms with van der Waals surface area (Å²) in [7, 11) is 0. The molecule has 1 aliphatic rings. The zero-order valence-electron chi connectivity index (χ0n) is 16.2. The summed E-state index contributed by atoms with van der Waals surface area (Å²) in [4.78, 5) is 17.1. The zero-order valence-corrected chi connectivity index (χ0v) is 17.0. The molecule has 1 fully saturated rings. The summed E-state index contributed by atoms with van der Waals surface area (Å²) in [5.41, 5.74) is -0.444. The van der Waals surface area contributed by atoms with Crippen molar-refractivity contribution in [2.45, 2.75) is 25.1 Å². The van der Waals surface area contributed by atoms with Crippen LogP contribution in [0.2, 0.25) is 5.02 Å². The van der Waals surface area contributed by atoms with Crippen LogP contribution >= 0.6 is 11.6 Å². The van der Waals surface area contributed by atoms with Gasteiger partial charge in [0.1, 0.15) is 11.1 Å². The number of ether oxygens (including phenoxy) is 1. The second kappa shape index (κ2) is 8.72. The molecule has 2 heterocycles. The lowest BCUT2D eigenvalue weighted by molar-refractivity contribution is -0.137. The largest absolute Gasteiger partial charge is 0.438 e. The van der Waals surface area contributed by atoms with Gasteiger partial charge in [-0.1, -0.05) is 17.7 Å². The van der Waals surface area contributed by atoms with Gasteiger partial charge in [-0.05, 0) is 55.3 Å². The van der Waals surface area contributed by atoms with Crippen LogP contribution in [-0.2, 0) is 10.9 Å². The first kappa shape index (κ1) is 21.4. The standard InChI is InChI=1S/C22H18ClF3N2O3/c23-15-6-7-19-13(9-15)10-18(20(29)27-12-17-5-2-8-30-17)21(31-19)28-16-4-1-3-14(11-16)22(24,25)26/h1,3-4,6-7,9-11,17H,2,5,8,12H2,(H,27,29). The molecule has 2 aromatic carbocycles. The van der Waals surface area contributed by atoms with Gasteiger partial charge in [0.25, 0.3) is 5.91 Å². The third-order valence-electron chi connectivity index (χ3n) is 4.87. The lowest BCUT2D eigenvalue weighted by atomic mass is 10.1. The number of carbonyl (C=O) groups is 1. The summed E-state index contributed by atoms with van der Waals surface area (Å²) >= 11 is 6.04. The van der Waals surface area contributed by atoms with Crippen molar-refractivity contribution in [2.75, 3.05) is 13.2 Å². The molecule has 0 radical (unpaired) electrons. The molecule has 31 heavy (non-hydrogen) atoms. The summed E-state index contributed by atoms with van der Waals surface area (Å²) in [5.74, 6) is -0.466. The maximum atomic E-state index is 13.1. The van der Waals surface area contributed by atoms with Gasteiger partial charge >= 0.3 is 6.18 Å². The maximum absolute atomic E-state index is 13.1. The first-order valence-electron chi connectivity index (χ1n) is 9.65. The smallest absolute Gasteiger partial charge is 0.416 e. The molecule has 1 saturated heterocycles. The number of halogens is 4. The van der Waals surface area contributed by atoms with E-state index in [2.05, 4.69) is 10.3 Å². The highest BCUT2D eigenvalue weighted by molar-refractivity contribution is 6.31. The fraction of sp³-hybridized carbons (Fsp3) is 0.273. The van der Waals surface area contributed by atoms with E-state index >= 15 is 0 Å². The minimum absolute atomic E-state index is 0.0139. The molecule has 4 rings (SSSR count). The highest BCUT2D eigenvalue weighted by atomic mass is 35.5. The van der Waals surface area contributed by atoms with Crippen molar-refractivity contribution in [3.63, 3.8) is 0 Å². The Balaban J connectivity index is 1.77. The van der Waals surface area contributed by atoms with Gasteiger partial charge in [-0.15, -0.1) is 0 Å². The molecule has 5 nitrogen and oxygen atoms in total. The Morgan fingerprint density at radius 3 is 2.77 bits per heavy atom. The van der Waals surface area contributed by atoms with E-state index in [-0.39, 0.29) is 22.9 Å². The molecule has 0 bridgehead atoms. The van der Waals surface area contributed by atoms with Crippen LogP contribution in [0.3, 0.4) is 0 Å². The number of nitrogens with one attached hydrogen (secondary N) is 1. The number of fused-ring (bicyclic) bond motifs is 1. The first-order chi connectivity index (χ1) is 14.8. The van der Waals surface area contributed by atoms with Crippen LogP contribution in [0.5, 0.6) is 0 Å². The van der Waals surface area contributed by atoms with Crippen molar-refractivity contribution < 1.29 is 27.1 Å². The van der Waals surface area contributed by atoms with Crippen LogP contribution in [-0.4, -0.2) is 25.2 Å². The fourth-order valence-corrected chi connectivity index (χ4v) is 3.50. The van der Waals surface area contributed by atoms with Crippen LogP contribution in [0.4, 0.5) is 18.9 Å². The van der Waals surface area contributed by atoms with Crippen LogP contribution in [0, 0.1) is 0 Å². The van der Waals surface area contributed by atoms with E-state index < -0.39 is 17.6 Å². The third-order valence-corrected chi connectivity index (χ3v) is 5.11. The van der Waals surface area contributed by atoms with Crippen LogP contribution < -0.4 is 10.9 Å². The van der Waals surface area contributed by atoms with Crippen molar-refractivity contribution in [3.8, 4) is 0 Å². The molecule has 1 aliphatic heterocycles. The highest BCUT2D eigenvalue weighted by Crippen LogP contribution is 2.31. The van der Waals surface area contributed by atoms with Crippen LogP contribution in [0.15, 0.2) is 57.9 Å². The summed E-state index contributed by atoms with van der Waals surface area (Å²) in [6.07, 6.45) is -2.80. The van der Waals surface area contributed by atoms with Crippen molar-refractivity contribution in [1.82, 2.24) is 5.32 Å². The van der Waals surface area contributed by atoms with Crippen LogP contribution in [0.25, 0.3) is 11.0 Å². The van der Waals surface area contributed by atoms with Gasteiger partial charge in [-0.3, -0.25) is 4.79 Å². The minimum atomic E-state index is -4.51. The predicted molar refractivity (Wildman–Crippen MR) is 109 cm³/mol. The van der Waals surface area contributed by atoms with Crippen LogP contribution in [0.1, 0.15) is 28.8 Å². The maximum Gasteiger partial charge on any atom is 0.416 e. The fourth-order valence-electron chi connectivity index (χ4n) is 3.32. The Morgan fingerprint density at radius 2 is 2.03 bits per heavy atom. The molecule has 3 aromatic rings. The van der Waals surface area contributed by atoms with Gasteiger partial charge in [-0.2, -0.15) is 13.2 Å². The molecule has 1 amide bonds. The van der Waals surface area contributed by atoms with Crippen molar-refractivity contribution in [1.29, 1.82) is 0 Å². The minimum Gasteiger partial charge on any atom is -0.438 e. The average Bonchev–Trinajstić information content (AvgIpc) is 3.25. The molecule has 0 aliphatic carbocycles. The monoisotopic (exact) mass is 450 g/mol. The van der Waals surface area contributed by atoms with Gasteiger partial charge in [0, 0.05) is 23.6 Å². The topological polar surface area (TPSA) is 63.8 Å². The summed E-state index contributed by atoms with van der Waals surface area (Å²) in [6, 6.07) is 10.9. The second-order valence-electron chi connectivity index (χ2n) is 7.15. The summed E-state index contributed by atoms with van der Waals surface area (Å²) < 4.78 is 50.4. The predicted octanol–water partition coefficient (Wildman–Crippen LogP) is 5.25. The van der Waals surface area contributed by atoms with Gasteiger partial charge in [0.15, 0.2) is 0 Å². The van der Waals surface area contributed by atoms with Gasteiger partial charge in [-0.25, -0.2) is 4.99 Å². The first-order valence-corrected chi connectivity index (χ1v) is 10.0. The number of alkyl halides is 3. The number of amides is 1. The normalized spacial score (nSPS) is 17.3. The van der Waals surface area contributed by atoms with E-state index in [1.54, 1.807) is 24.3 Å². The van der Waals surface area contributed by atoms with E-state index in [4.69, 9.17) is 20.8 Å². The molecule has 9 heteroatoms. The Bertz CT molecular complexity index is 1180. The van der Waals surface area contributed by atoms with E-state index in [1.165, 1.54) is 12.1 Å². The molecule has 1 unspecified atom stereocenters. The SMILES string of the molecule is O=C(NCC1CCCO1)c1cc2cc(Cl)ccc2oc1=Nc1cccc(C(F)(F)F)c1. The number of hydrogen-bond acceptors (Lipinski definition) is 4. The van der Waals surface area contributed by atoms with Crippen molar-refractivity contribution in [2.24, 2.45) is 4.99 Å². The molecule has 0 spiro atoms. The van der Waals surface area contributed by atoms with Crippen molar-refractivity contribution >= 4 is 34.2 Å². The average molecular weight is 451 g/mol. The quantitative estimate of drug-likeness (QED) is 0.590. The molecule has 0 saturated carbocycles. The highest BCUT2D eigenvalue weighted by Gasteiger charge is 2.30. The van der Waals surface area contributed by atoms with Gasteiger partial charge < -0.3 is 14.5 Å². The number of carbonyl (C=O) groups excluding carboxylic acids is 1. The van der Waals surface area contributed by atoms with Crippen molar-refractivity contribution in [3.05, 3.63) is 70.2 Å². The van der Waals surface area contributed by atoms with Gasteiger partial charge in [0.2, 0.25) is 5.55 Å². The third kappa shape index (κ3) is 5.08. The second-order valence-corrected chi connectivity index (χ2v) is 7.59. The number of rotatable bonds is 4. The molecular weight excluding hydrogens is 433 g/mol. The summed E-state index contributed by atoms with van der Waals surface area (Å²) in [6.45, 7) is 0.968. The number of nitrogens with zero attached hydrogens (tertiary/aromatic N) is 1. The van der Waals surface area contributed by atoms with Gasteiger partial charge in [0.05, 0.1) is 17.4 Å². The molecule has 162 valence electrons. The van der Waals surface area contributed by atoms with E-state index in [0.29, 0.717) is 29.1 Å². The Labute approximate surface area is 180 Å².